The Bertz CT molecular complexity index is 1110. The highest BCUT2D eigenvalue weighted by Gasteiger charge is 2.36. The first kappa shape index (κ1) is 25.5. The molecular formula is C24H25Cl2N3O5. The highest BCUT2D eigenvalue weighted by molar-refractivity contribution is 6.36. The van der Waals surface area contributed by atoms with Gasteiger partial charge in [0.1, 0.15) is 0 Å². The average Bonchev–Trinajstić information content (AvgIpc) is 3.13. The second kappa shape index (κ2) is 10.4. The molecule has 0 aliphatic carbocycles. The van der Waals surface area contributed by atoms with E-state index in [1.165, 1.54) is 12.1 Å². The van der Waals surface area contributed by atoms with Crippen LogP contribution < -0.4 is 10.7 Å². The third-order valence-electron chi connectivity index (χ3n) is 5.26. The van der Waals surface area contributed by atoms with Crippen LogP contribution in [-0.4, -0.2) is 41.9 Å². The second-order valence-corrected chi connectivity index (χ2v) is 9.80. The molecule has 34 heavy (non-hydrogen) atoms. The molecule has 180 valence electrons. The van der Waals surface area contributed by atoms with Crippen LogP contribution >= 0.6 is 23.2 Å². The third kappa shape index (κ3) is 6.48. The minimum absolute atomic E-state index is 0.0475. The molecule has 2 N–H and O–H groups in total. The molecule has 0 spiro atoms. The van der Waals surface area contributed by atoms with Crippen molar-refractivity contribution in [1.29, 1.82) is 0 Å². The van der Waals surface area contributed by atoms with Gasteiger partial charge in [-0.1, -0.05) is 56.1 Å². The van der Waals surface area contributed by atoms with E-state index in [1.807, 2.05) is 12.1 Å². The second-order valence-electron chi connectivity index (χ2n) is 8.95. The van der Waals surface area contributed by atoms with Gasteiger partial charge in [0.05, 0.1) is 23.2 Å². The van der Waals surface area contributed by atoms with Crippen LogP contribution in [-0.2, 0) is 24.5 Å². The highest BCUT2D eigenvalue weighted by Crippen LogP contribution is 2.25. The van der Waals surface area contributed by atoms with Crippen LogP contribution in [0.5, 0.6) is 0 Å². The van der Waals surface area contributed by atoms with Gasteiger partial charge in [-0.15, -0.1) is 0 Å². The summed E-state index contributed by atoms with van der Waals surface area (Å²) in [5, 5.41) is 4.27. The first-order valence-corrected chi connectivity index (χ1v) is 11.3. The maximum atomic E-state index is 12.5. The summed E-state index contributed by atoms with van der Waals surface area (Å²) in [5.41, 5.74) is 4.27. The number of hydrogen-bond acceptors (Lipinski definition) is 5. The Kier molecular flexibility index (Phi) is 7.84. The summed E-state index contributed by atoms with van der Waals surface area (Å²) in [4.78, 5) is 49.2. The number of nitrogens with one attached hydrogen (secondary N) is 2. The first-order chi connectivity index (χ1) is 15.9. The van der Waals surface area contributed by atoms with E-state index in [1.54, 1.807) is 18.2 Å². The van der Waals surface area contributed by atoms with E-state index in [-0.39, 0.29) is 23.4 Å². The molecule has 3 amide bonds. The molecule has 1 heterocycles. The molecule has 8 nitrogen and oxygen atoms in total. The van der Waals surface area contributed by atoms with Gasteiger partial charge in [-0.3, -0.25) is 29.6 Å². The Morgan fingerprint density at radius 1 is 1.09 bits per heavy atom. The summed E-state index contributed by atoms with van der Waals surface area (Å²) in [5.74, 6) is -2.98. The minimum atomic E-state index is -0.803. The number of halogens is 2. The van der Waals surface area contributed by atoms with Crippen molar-refractivity contribution in [2.75, 3.05) is 18.5 Å². The van der Waals surface area contributed by atoms with Gasteiger partial charge in [-0.25, -0.2) is 0 Å². The maximum Gasteiger partial charge on any atom is 0.311 e. The van der Waals surface area contributed by atoms with Gasteiger partial charge >= 0.3 is 5.97 Å². The number of anilines is 1. The van der Waals surface area contributed by atoms with Gasteiger partial charge in [0.25, 0.3) is 11.8 Å². The molecule has 3 rings (SSSR count). The molecule has 10 heteroatoms. The van der Waals surface area contributed by atoms with Crippen LogP contribution in [0.25, 0.3) is 0 Å². The smallest absolute Gasteiger partial charge is 0.311 e. The molecule has 0 radical (unpaired) electrons. The molecule has 0 aromatic heterocycles. The summed E-state index contributed by atoms with van der Waals surface area (Å²) in [7, 11) is 0. The number of carbonyl (C=O) groups is 4. The molecular weight excluding hydrogens is 481 g/mol. The first-order valence-electron chi connectivity index (χ1n) is 10.6. The number of ether oxygens (including phenoxy) is 1. The fourth-order valence-corrected chi connectivity index (χ4v) is 3.77. The van der Waals surface area contributed by atoms with E-state index in [9.17, 15) is 19.2 Å². The van der Waals surface area contributed by atoms with Crippen LogP contribution in [0.3, 0.4) is 0 Å². The largest absolute Gasteiger partial charge is 0.455 e. The van der Waals surface area contributed by atoms with Crippen molar-refractivity contribution in [2.45, 2.75) is 32.6 Å². The van der Waals surface area contributed by atoms with Crippen molar-refractivity contribution < 1.29 is 23.9 Å². The molecule has 2 aromatic rings. The molecule has 1 aliphatic heterocycles. The normalized spacial score (nSPS) is 15.7. The number of benzene rings is 2. The van der Waals surface area contributed by atoms with E-state index in [0.717, 1.165) is 10.6 Å². The molecule has 2 aromatic carbocycles. The predicted octanol–water partition coefficient (Wildman–Crippen LogP) is 3.97. The van der Waals surface area contributed by atoms with Crippen LogP contribution in [0.15, 0.2) is 42.5 Å². The minimum Gasteiger partial charge on any atom is -0.455 e. The highest BCUT2D eigenvalue weighted by atomic mass is 35.5. The van der Waals surface area contributed by atoms with Gasteiger partial charge in [0.15, 0.2) is 6.61 Å². The van der Waals surface area contributed by atoms with E-state index >= 15 is 0 Å². The summed E-state index contributed by atoms with van der Waals surface area (Å²) >= 11 is 11.8. The van der Waals surface area contributed by atoms with Gasteiger partial charge in [0.2, 0.25) is 5.91 Å². The van der Waals surface area contributed by atoms with Crippen LogP contribution in [0.1, 0.15) is 43.1 Å². The Hall–Kier alpha value is -3.10. The van der Waals surface area contributed by atoms with Crippen molar-refractivity contribution in [3.63, 3.8) is 0 Å². The number of nitrogens with zero attached hydrogens (tertiary/aromatic N) is 1. The Labute approximate surface area is 207 Å². The van der Waals surface area contributed by atoms with Gasteiger partial charge in [-0.2, -0.15) is 0 Å². The van der Waals surface area contributed by atoms with Crippen molar-refractivity contribution in [2.24, 2.45) is 5.92 Å². The predicted molar refractivity (Wildman–Crippen MR) is 128 cm³/mol. The molecule has 1 saturated heterocycles. The molecule has 0 unspecified atom stereocenters. The number of hydrazine groups is 1. The van der Waals surface area contributed by atoms with Crippen LogP contribution in [0, 0.1) is 5.92 Å². The quantitative estimate of drug-likeness (QED) is 0.578. The van der Waals surface area contributed by atoms with Crippen molar-refractivity contribution in [3.8, 4) is 0 Å². The third-order valence-corrected chi connectivity index (χ3v) is 5.81. The fourth-order valence-electron chi connectivity index (χ4n) is 3.31. The number of hydrogen-bond donors (Lipinski definition) is 2. The lowest BCUT2D eigenvalue weighted by Crippen LogP contribution is -2.43. The SMILES string of the molecule is CC(C)(C)c1ccc(C(=O)NN2C[C@@H](C(=O)OCC(=O)Nc3ccc(Cl)cc3Cl)CC2=O)cc1. The zero-order valence-electron chi connectivity index (χ0n) is 19.0. The summed E-state index contributed by atoms with van der Waals surface area (Å²) in [6.45, 7) is 5.62. The lowest BCUT2D eigenvalue weighted by atomic mass is 9.87. The molecule has 1 atom stereocenters. The van der Waals surface area contributed by atoms with E-state index in [4.69, 9.17) is 27.9 Å². The topological polar surface area (TPSA) is 105 Å². The van der Waals surface area contributed by atoms with Gasteiger partial charge in [0, 0.05) is 17.0 Å². The van der Waals surface area contributed by atoms with Crippen LogP contribution in [0.4, 0.5) is 5.69 Å². The molecule has 1 aliphatic rings. The molecule has 1 fully saturated rings. The Morgan fingerprint density at radius 2 is 1.76 bits per heavy atom. The molecule has 0 saturated carbocycles. The lowest BCUT2D eigenvalue weighted by molar-refractivity contribution is -0.151. The zero-order chi connectivity index (χ0) is 25.0. The summed E-state index contributed by atoms with van der Waals surface area (Å²) < 4.78 is 5.04. The number of amides is 3. The van der Waals surface area contributed by atoms with Gasteiger partial charge < -0.3 is 10.1 Å². The summed E-state index contributed by atoms with van der Waals surface area (Å²) in [6, 6.07) is 11.7. The fraction of sp³-hybridized carbons (Fsp3) is 0.333. The van der Waals surface area contributed by atoms with Crippen molar-refractivity contribution in [1.82, 2.24) is 10.4 Å². The number of carbonyl (C=O) groups excluding carboxylic acids is 4. The Morgan fingerprint density at radius 3 is 2.38 bits per heavy atom. The molecule has 0 bridgehead atoms. The standard InChI is InChI=1S/C24H25Cl2N3O5/c1-24(2,3)16-6-4-14(5-7-16)22(32)28-29-12-15(10-21(29)31)23(33)34-13-20(30)27-19-9-8-17(25)11-18(19)26/h4-9,11,15H,10,12-13H2,1-3H3,(H,27,30)(H,28,32)/t15-/m0/s1. The number of rotatable bonds is 6. The zero-order valence-corrected chi connectivity index (χ0v) is 20.5. The number of esters is 1. The monoisotopic (exact) mass is 505 g/mol. The van der Waals surface area contributed by atoms with Crippen LogP contribution in [0.2, 0.25) is 10.0 Å². The van der Waals surface area contributed by atoms with Crippen molar-refractivity contribution >= 4 is 52.6 Å². The van der Waals surface area contributed by atoms with E-state index in [0.29, 0.717) is 16.3 Å². The van der Waals surface area contributed by atoms with E-state index < -0.39 is 36.2 Å². The van der Waals surface area contributed by atoms with E-state index in [2.05, 4.69) is 31.5 Å². The average molecular weight is 506 g/mol. The van der Waals surface area contributed by atoms with Crippen molar-refractivity contribution in [3.05, 3.63) is 63.6 Å². The lowest BCUT2D eigenvalue weighted by Gasteiger charge is -2.20. The summed E-state index contributed by atoms with van der Waals surface area (Å²) in [6.07, 6.45) is -0.132. The maximum absolute atomic E-state index is 12.5. The Balaban J connectivity index is 1.50. The van der Waals surface area contributed by atoms with Gasteiger partial charge in [-0.05, 0) is 41.3 Å².